The van der Waals surface area contributed by atoms with Crippen LogP contribution in [0.5, 0.6) is 11.5 Å². The maximum absolute atomic E-state index is 11.4. The van der Waals surface area contributed by atoms with Gasteiger partial charge in [-0.15, -0.1) is 0 Å². The molecular formula is C16H21N5O4S. The Hall–Kier alpha value is -2.75. The lowest BCUT2D eigenvalue weighted by Gasteiger charge is -2.11. The number of aryl methyl sites for hydroxylation is 1. The highest BCUT2D eigenvalue weighted by molar-refractivity contribution is 7.71. The summed E-state index contributed by atoms with van der Waals surface area (Å²) in [5.74, 6) is 1.08. The van der Waals surface area contributed by atoms with Crippen LogP contribution in [0.2, 0.25) is 0 Å². The Morgan fingerprint density at radius 2 is 2.19 bits per heavy atom. The first kappa shape index (κ1) is 19.6. The lowest BCUT2D eigenvalue weighted by Crippen LogP contribution is -2.03. The molecule has 0 atom stereocenters. The molecule has 0 saturated carbocycles. The summed E-state index contributed by atoms with van der Waals surface area (Å²) in [6, 6.07) is 3.02. The highest BCUT2D eigenvalue weighted by atomic mass is 32.1. The second kappa shape index (κ2) is 9.09. The maximum Gasteiger partial charge on any atom is 0.315 e. The Bertz CT molecular complexity index is 859. The molecule has 0 aliphatic carbocycles. The molecule has 1 heterocycles. The molecule has 0 aliphatic heterocycles. The molecule has 0 spiro atoms. The minimum atomic E-state index is -0.503. The van der Waals surface area contributed by atoms with Crippen molar-refractivity contribution in [3.63, 3.8) is 0 Å². The highest BCUT2D eigenvalue weighted by Gasteiger charge is 2.22. The van der Waals surface area contributed by atoms with Gasteiger partial charge >= 0.3 is 5.69 Å². The molecule has 1 N–H and O–H groups in total. The van der Waals surface area contributed by atoms with Gasteiger partial charge < -0.3 is 9.47 Å². The summed E-state index contributed by atoms with van der Waals surface area (Å²) in [5, 5.41) is 22.5. The van der Waals surface area contributed by atoms with Crippen LogP contribution < -0.4 is 9.47 Å². The number of aromatic amines is 1. The van der Waals surface area contributed by atoms with Crippen LogP contribution in [-0.4, -0.2) is 39.7 Å². The molecule has 0 amide bonds. The van der Waals surface area contributed by atoms with Crippen molar-refractivity contribution in [2.45, 2.75) is 33.1 Å². The van der Waals surface area contributed by atoms with Crippen molar-refractivity contribution in [1.82, 2.24) is 14.9 Å². The van der Waals surface area contributed by atoms with Gasteiger partial charge in [-0.05, 0) is 31.1 Å². The second-order valence-corrected chi connectivity index (χ2v) is 5.82. The Morgan fingerprint density at radius 3 is 2.81 bits per heavy atom. The van der Waals surface area contributed by atoms with Gasteiger partial charge in [-0.3, -0.25) is 15.2 Å². The summed E-state index contributed by atoms with van der Waals surface area (Å²) in [7, 11) is 1.43. The Balaban J connectivity index is 2.44. The number of nitro groups is 1. The molecule has 10 heteroatoms. The number of nitrogens with zero attached hydrogens (tertiary/aromatic N) is 4. The first-order valence-corrected chi connectivity index (χ1v) is 8.62. The first-order valence-electron chi connectivity index (χ1n) is 8.21. The average Bonchev–Trinajstić information content (AvgIpc) is 2.97. The lowest BCUT2D eigenvalue weighted by molar-refractivity contribution is -0.386. The smallest absolute Gasteiger partial charge is 0.315 e. The van der Waals surface area contributed by atoms with Gasteiger partial charge in [-0.1, -0.05) is 13.8 Å². The van der Waals surface area contributed by atoms with Crippen LogP contribution in [0.1, 0.15) is 38.1 Å². The van der Waals surface area contributed by atoms with Crippen molar-refractivity contribution in [2.24, 2.45) is 5.10 Å². The summed E-state index contributed by atoms with van der Waals surface area (Å²) in [6.07, 6.45) is 3.79. The summed E-state index contributed by atoms with van der Waals surface area (Å²) in [5.41, 5.74) is 0.312. The van der Waals surface area contributed by atoms with Crippen LogP contribution in [0, 0.1) is 14.9 Å². The van der Waals surface area contributed by atoms with E-state index >= 15 is 0 Å². The lowest BCUT2D eigenvalue weighted by atomic mass is 10.2. The van der Waals surface area contributed by atoms with E-state index in [1.54, 1.807) is 6.07 Å². The predicted octanol–water partition coefficient (Wildman–Crippen LogP) is 3.48. The molecule has 0 fully saturated rings. The molecule has 1 aromatic heterocycles. The number of aromatic nitrogens is 3. The van der Waals surface area contributed by atoms with Crippen molar-refractivity contribution in [3.8, 4) is 11.5 Å². The number of nitro benzene ring substituents is 1. The minimum Gasteiger partial charge on any atom is -0.493 e. The Labute approximate surface area is 155 Å². The zero-order valence-corrected chi connectivity index (χ0v) is 15.7. The molecule has 0 bridgehead atoms. The molecule has 0 saturated heterocycles. The molecule has 9 nitrogen and oxygen atoms in total. The standard InChI is InChI=1S/C16H21N5O4S/c1-4-6-14-18-19-16(26)20(14)17-10-11-8-12(21(22)23)15(25-7-5-2)13(9-11)24-3/h8-10H,4-7H2,1-3H3,(H,19,26)/b17-10-. The van der Waals surface area contributed by atoms with Crippen LogP contribution in [-0.2, 0) is 6.42 Å². The number of ether oxygens (including phenoxy) is 2. The quantitative estimate of drug-likeness (QED) is 0.309. The predicted molar refractivity (Wildman–Crippen MR) is 99.8 cm³/mol. The largest absolute Gasteiger partial charge is 0.493 e. The number of benzene rings is 1. The van der Waals surface area contributed by atoms with E-state index in [1.165, 1.54) is 24.1 Å². The van der Waals surface area contributed by atoms with E-state index in [0.717, 1.165) is 12.8 Å². The van der Waals surface area contributed by atoms with Gasteiger partial charge in [0.2, 0.25) is 10.5 Å². The van der Waals surface area contributed by atoms with E-state index in [0.29, 0.717) is 29.2 Å². The third-order valence-corrected chi connectivity index (χ3v) is 3.70. The average molecular weight is 379 g/mol. The Morgan fingerprint density at radius 1 is 1.42 bits per heavy atom. The van der Waals surface area contributed by atoms with Gasteiger partial charge in [-0.2, -0.15) is 14.9 Å². The first-order chi connectivity index (χ1) is 12.5. The van der Waals surface area contributed by atoms with Crippen LogP contribution >= 0.6 is 12.2 Å². The van der Waals surface area contributed by atoms with E-state index in [9.17, 15) is 10.1 Å². The summed E-state index contributed by atoms with van der Waals surface area (Å²) < 4.78 is 12.6. The maximum atomic E-state index is 11.4. The molecule has 1 aromatic carbocycles. The van der Waals surface area contributed by atoms with Crippen molar-refractivity contribution in [1.29, 1.82) is 0 Å². The Kier molecular flexibility index (Phi) is 6.84. The van der Waals surface area contributed by atoms with Crippen molar-refractivity contribution < 1.29 is 14.4 Å². The fraction of sp³-hybridized carbons (Fsp3) is 0.438. The van der Waals surface area contributed by atoms with E-state index in [4.69, 9.17) is 21.7 Å². The zero-order chi connectivity index (χ0) is 19.1. The van der Waals surface area contributed by atoms with Gasteiger partial charge in [-0.25, -0.2) is 0 Å². The van der Waals surface area contributed by atoms with Gasteiger partial charge in [0, 0.05) is 18.1 Å². The third-order valence-electron chi connectivity index (χ3n) is 3.44. The molecule has 0 unspecified atom stereocenters. The SMILES string of the molecule is CCCOc1c(OC)cc(/C=N\n2c(CCC)n[nH]c2=S)cc1[N+](=O)[O-]. The third kappa shape index (κ3) is 4.45. The molecule has 0 radical (unpaired) electrons. The van der Waals surface area contributed by atoms with E-state index < -0.39 is 4.92 Å². The van der Waals surface area contributed by atoms with Crippen LogP contribution in [0.3, 0.4) is 0 Å². The van der Waals surface area contributed by atoms with Gasteiger partial charge in [0.25, 0.3) is 0 Å². The molecule has 0 aliphatic rings. The summed E-state index contributed by atoms with van der Waals surface area (Å²) in [4.78, 5) is 10.9. The number of hydrogen-bond donors (Lipinski definition) is 1. The number of rotatable bonds is 9. The van der Waals surface area contributed by atoms with Crippen molar-refractivity contribution in [3.05, 3.63) is 38.4 Å². The number of hydrogen-bond acceptors (Lipinski definition) is 7. The monoisotopic (exact) mass is 379 g/mol. The van der Waals surface area contributed by atoms with Crippen LogP contribution in [0.25, 0.3) is 0 Å². The minimum absolute atomic E-state index is 0.114. The molecule has 140 valence electrons. The fourth-order valence-electron chi connectivity index (χ4n) is 2.27. The van der Waals surface area contributed by atoms with Crippen LogP contribution in [0.15, 0.2) is 17.2 Å². The van der Waals surface area contributed by atoms with E-state index in [2.05, 4.69) is 15.3 Å². The van der Waals surface area contributed by atoms with E-state index in [-0.39, 0.29) is 17.2 Å². The second-order valence-electron chi connectivity index (χ2n) is 5.43. The zero-order valence-electron chi connectivity index (χ0n) is 14.9. The number of H-pyrrole nitrogens is 1. The topological polar surface area (TPSA) is 108 Å². The normalized spacial score (nSPS) is 11.0. The highest BCUT2D eigenvalue weighted by Crippen LogP contribution is 2.38. The summed E-state index contributed by atoms with van der Waals surface area (Å²) >= 11 is 5.17. The molecular weight excluding hydrogens is 358 g/mol. The molecule has 26 heavy (non-hydrogen) atoms. The fourth-order valence-corrected chi connectivity index (χ4v) is 2.47. The molecule has 2 rings (SSSR count). The van der Waals surface area contributed by atoms with Crippen molar-refractivity contribution in [2.75, 3.05) is 13.7 Å². The van der Waals surface area contributed by atoms with Crippen molar-refractivity contribution >= 4 is 24.1 Å². The number of nitrogens with one attached hydrogen (secondary N) is 1. The van der Waals surface area contributed by atoms with Crippen LogP contribution in [0.4, 0.5) is 5.69 Å². The van der Waals surface area contributed by atoms with E-state index in [1.807, 2.05) is 13.8 Å². The van der Waals surface area contributed by atoms with Gasteiger partial charge in [0.15, 0.2) is 11.6 Å². The summed E-state index contributed by atoms with van der Waals surface area (Å²) in [6.45, 7) is 4.30. The molecule has 2 aromatic rings. The van der Waals surface area contributed by atoms with Gasteiger partial charge in [0.05, 0.1) is 24.9 Å². The van der Waals surface area contributed by atoms with Gasteiger partial charge in [0.1, 0.15) is 0 Å². The number of methoxy groups -OCH3 is 1.